The molecule has 0 amide bonds. The number of hydrogen-bond acceptors (Lipinski definition) is 3. The van der Waals surface area contributed by atoms with Gasteiger partial charge < -0.3 is 0 Å². The molecular formula is C11H10Br2N2OS. The molecule has 0 aromatic carbocycles. The van der Waals surface area contributed by atoms with Crippen LogP contribution in [-0.2, 0) is 6.54 Å². The minimum atomic E-state index is 0.0602. The minimum absolute atomic E-state index is 0.0602. The number of hydrogen-bond donors (Lipinski definition) is 0. The molecule has 0 radical (unpaired) electrons. The highest BCUT2D eigenvalue weighted by Gasteiger charge is 2.15. The number of ketones is 1. The third kappa shape index (κ3) is 2.86. The van der Waals surface area contributed by atoms with E-state index in [2.05, 4.69) is 37.0 Å². The second kappa shape index (κ2) is 5.04. The predicted octanol–water partition coefficient (Wildman–Crippen LogP) is 3.97. The Kier molecular flexibility index (Phi) is 3.85. The molecule has 90 valence electrons. The highest BCUT2D eigenvalue weighted by molar-refractivity contribution is 9.12. The van der Waals surface area contributed by atoms with Crippen LogP contribution in [0.1, 0.15) is 21.7 Å². The Balaban J connectivity index is 2.22. The van der Waals surface area contributed by atoms with Crippen LogP contribution >= 0.6 is 43.2 Å². The molecule has 0 saturated carbocycles. The number of halogens is 2. The van der Waals surface area contributed by atoms with Crippen LogP contribution in [0.2, 0.25) is 0 Å². The Bertz CT molecular complexity index is 574. The van der Waals surface area contributed by atoms with Crippen LogP contribution in [0.3, 0.4) is 0 Å². The van der Waals surface area contributed by atoms with Crippen LogP contribution in [0.5, 0.6) is 0 Å². The Morgan fingerprint density at radius 1 is 1.41 bits per heavy atom. The molecule has 0 aliphatic carbocycles. The molecule has 0 aliphatic heterocycles. The van der Waals surface area contributed by atoms with Crippen molar-refractivity contribution < 1.29 is 4.79 Å². The fourth-order valence-electron chi connectivity index (χ4n) is 1.59. The molecule has 2 rings (SSSR count). The summed E-state index contributed by atoms with van der Waals surface area (Å²) in [4.78, 5) is 12.1. The first kappa shape index (κ1) is 13.0. The monoisotopic (exact) mass is 376 g/mol. The third-order valence-corrected chi connectivity index (χ3v) is 4.69. The molecule has 2 heterocycles. The van der Waals surface area contributed by atoms with Crippen LogP contribution in [0.4, 0.5) is 0 Å². The number of rotatable bonds is 3. The molecule has 0 saturated heterocycles. The summed E-state index contributed by atoms with van der Waals surface area (Å²) in [6.07, 6.45) is 0. The van der Waals surface area contributed by atoms with Gasteiger partial charge in [-0.3, -0.25) is 9.48 Å². The maximum Gasteiger partial charge on any atom is 0.186 e. The van der Waals surface area contributed by atoms with Crippen molar-refractivity contribution in [3.05, 3.63) is 36.7 Å². The molecule has 0 bridgehead atoms. The highest BCUT2D eigenvalue weighted by atomic mass is 79.9. The molecule has 17 heavy (non-hydrogen) atoms. The summed E-state index contributed by atoms with van der Waals surface area (Å²) in [5.41, 5.74) is 2.64. The first-order chi connectivity index (χ1) is 7.97. The lowest BCUT2D eigenvalue weighted by molar-refractivity contribution is 0.0966. The van der Waals surface area contributed by atoms with Gasteiger partial charge in [0.2, 0.25) is 0 Å². The number of carbonyl (C=O) groups excluding carboxylic acids is 1. The first-order valence-corrected chi connectivity index (χ1v) is 7.36. The fraction of sp³-hybridized carbons (Fsp3) is 0.273. The predicted molar refractivity (Wildman–Crippen MR) is 75.8 cm³/mol. The molecule has 2 aromatic rings. The molecule has 0 aliphatic rings. The number of aryl methyl sites for hydroxylation is 2. The van der Waals surface area contributed by atoms with Crippen molar-refractivity contribution in [1.82, 2.24) is 9.78 Å². The zero-order valence-corrected chi connectivity index (χ0v) is 13.3. The quantitative estimate of drug-likeness (QED) is 0.758. The van der Waals surface area contributed by atoms with Crippen LogP contribution in [0, 0.1) is 13.8 Å². The molecule has 0 atom stereocenters. The molecule has 0 N–H and O–H groups in total. The largest absolute Gasteiger partial charge is 0.292 e. The average molecular weight is 378 g/mol. The van der Waals surface area contributed by atoms with Crippen LogP contribution < -0.4 is 0 Å². The number of thiophene rings is 1. The van der Waals surface area contributed by atoms with E-state index in [0.717, 1.165) is 19.0 Å². The standard InChI is InChI=1S/C11H10Br2N2OS/c1-6-3-7(2)15(14-6)5-9(16)8-4-10(12)17-11(8)13/h3-4H,5H2,1-2H3. The number of nitrogens with zero attached hydrogens (tertiary/aromatic N) is 2. The molecule has 2 aromatic heterocycles. The zero-order chi connectivity index (χ0) is 12.6. The van der Waals surface area contributed by atoms with Gasteiger partial charge in [-0.15, -0.1) is 11.3 Å². The average Bonchev–Trinajstić information content (AvgIpc) is 2.70. The summed E-state index contributed by atoms with van der Waals surface area (Å²) in [7, 11) is 0. The normalized spacial score (nSPS) is 10.8. The lowest BCUT2D eigenvalue weighted by Crippen LogP contribution is -2.12. The lowest BCUT2D eigenvalue weighted by atomic mass is 10.2. The second-order valence-corrected chi connectivity index (χ2v) is 7.50. The van der Waals surface area contributed by atoms with E-state index in [1.165, 1.54) is 11.3 Å². The minimum Gasteiger partial charge on any atom is -0.292 e. The molecule has 6 heteroatoms. The van der Waals surface area contributed by atoms with Crippen molar-refractivity contribution in [1.29, 1.82) is 0 Å². The Morgan fingerprint density at radius 2 is 2.12 bits per heavy atom. The van der Waals surface area contributed by atoms with Gasteiger partial charge in [0, 0.05) is 11.3 Å². The van der Waals surface area contributed by atoms with Gasteiger partial charge in [0.25, 0.3) is 0 Å². The van der Waals surface area contributed by atoms with Gasteiger partial charge in [-0.1, -0.05) is 0 Å². The molecular weight excluding hydrogens is 368 g/mol. The van der Waals surface area contributed by atoms with Crippen molar-refractivity contribution in [3.63, 3.8) is 0 Å². The fourth-order valence-corrected chi connectivity index (χ4v) is 4.44. The summed E-state index contributed by atoms with van der Waals surface area (Å²) >= 11 is 8.26. The van der Waals surface area contributed by atoms with E-state index in [-0.39, 0.29) is 12.3 Å². The Morgan fingerprint density at radius 3 is 2.59 bits per heavy atom. The summed E-state index contributed by atoms with van der Waals surface area (Å²) in [5.74, 6) is 0.0602. The highest BCUT2D eigenvalue weighted by Crippen LogP contribution is 2.32. The Labute approximate surface area is 120 Å². The van der Waals surface area contributed by atoms with E-state index in [4.69, 9.17) is 0 Å². The SMILES string of the molecule is Cc1cc(C)n(CC(=O)c2cc(Br)sc2Br)n1. The smallest absolute Gasteiger partial charge is 0.186 e. The van der Waals surface area contributed by atoms with E-state index in [9.17, 15) is 4.79 Å². The van der Waals surface area contributed by atoms with E-state index in [1.54, 1.807) is 4.68 Å². The molecule has 0 fully saturated rings. The van der Waals surface area contributed by atoms with Crippen molar-refractivity contribution in [2.45, 2.75) is 20.4 Å². The van der Waals surface area contributed by atoms with E-state index in [0.29, 0.717) is 5.56 Å². The van der Waals surface area contributed by atoms with Gasteiger partial charge in [0.05, 0.1) is 13.3 Å². The second-order valence-electron chi connectivity index (χ2n) is 3.75. The molecule has 3 nitrogen and oxygen atoms in total. The van der Waals surface area contributed by atoms with Crippen LogP contribution in [0.25, 0.3) is 0 Å². The van der Waals surface area contributed by atoms with E-state index >= 15 is 0 Å². The van der Waals surface area contributed by atoms with Crippen molar-refractivity contribution in [3.8, 4) is 0 Å². The van der Waals surface area contributed by atoms with Crippen LogP contribution in [-0.4, -0.2) is 15.6 Å². The van der Waals surface area contributed by atoms with Crippen molar-refractivity contribution in [2.75, 3.05) is 0 Å². The topological polar surface area (TPSA) is 34.9 Å². The van der Waals surface area contributed by atoms with Crippen molar-refractivity contribution >= 4 is 49.0 Å². The van der Waals surface area contributed by atoms with Gasteiger partial charge in [0.1, 0.15) is 6.54 Å². The number of aromatic nitrogens is 2. The third-order valence-electron chi connectivity index (χ3n) is 2.35. The number of carbonyl (C=O) groups is 1. The van der Waals surface area contributed by atoms with Gasteiger partial charge in [-0.05, 0) is 57.8 Å². The molecule has 0 unspecified atom stereocenters. The summed E-state index contributed by atoms with van der Waals surface area (Å²) in [6.45, 7) is 4.15. The van der Waals surface area contributed by atoms with Crippen LogP contribution in [0.15, 0.2) is 19.7 Å². The van der Waals surface area contributed by atoms with E-state index in [1.807, 2.05) is 26.0 Å². The van der Waals surface area contributed by atoms with Crippen molar-refractivity contribution in [2.24, 2.45) is 0 Å². The number of Topliss-reactive ketones (excluding diaryl/α,β-unsaturated/α-hetero) is 1. The summed E-state index contributed by atoms with van der Waals surface area (Å²) < 4.78 is 3.53. The summed E-state index contributed by atoms with van der Waals surface area (Å²) in [6, 6.07) is 3.80. The van der Waals surface area contributed by atoms with Gasteiger partial charge in [-0.2, -0.15) is 5.10 Å². The molecule has 0 spiro atoms. The van der Waals surface area contributed by atoms with Gasteiger partial charge >= 0.3 is 0 Å². The zero-order valence-electron chi connectivity index (χ0n) is 9.33. The summed E-state index contributed by atoms with van der Waals surface area (Å²) in [5, 5.41) is 4.28. The first-order valence-electron chi connectivity index (χ1n) is 4.96. The van der Waals surface area contributed by atoms with Gasteiger partial charge in [0.15, 0.2) is 5.78 Å². The Hall–Kier alpha value is -0.460. The maximum atomic E-state index is 12.1. The maximum absolute atomic E-state index is 12.1. The lowest BCUT2D eigenvalue weighted by Gasteiger charge is -2.02. The van der Waals surface area contributed by atoms with Gasteiger partial charge in [-0.25, -0.2) is 0 Å². The van der Waals surface area contributed by atoms with E-state index < -0.39 is 0 Å².